The Morgan fingerprint density at radius 2 is 1.97 bits per heavy atom. The molecule has 0 radical (unpaired) electrons. The molecule has 1 atom stereocenters. The van der Waals surface area contributed by atoms with Crippen molar-refractivity contribution in [2.75, 3.05) is 11.1 Å². The van der Waals surface area contributed by atoms with E-state index in [1.54, 1.807) is 36.0 Å². The Labute approximate surface area is 191 Å². The molecule has 4 rings (SSSR count). The molecule has 10 heteroatoms. The number of carbonyl (C=O) groups is 2. The summed E-state index contributed by atoms with van der Waals surface area (Å²) < 4.78 is 6.98. The second-order valence-corrected chi connectivity index (χ2v) is 9.90. The van der Waals surface area contributed by atoms with Gasteiger partial charge in [-0.25, -0.2) is 4.68 Å². The summed E-state index contributed by atoms with van der Waals surface area (Å²) in [6.07, 6.45) is 3.44. The second kappa shape index (κ2) is 7.72. The first kappa shape index (κ1) is 22.5. The number of aromatic nitrogens is 4. The summed E-state index contributed by atoms with van der Waals surface area (Å²) in [6.45, 7) is 9.80. The molecular formula is C23H29N7O3. The highest BCUT2D eigenvalue weighted by Gasteiger charge is 2.43. The molecule has 10 nitrogen and oxygen atoms in total. The summed E-state index contributed by atoms with van der Waals surface area (Å²) in [4.78, 5) is 29.2. The normalized spacial score (nSPS) is 15.8. The molecule has 0 aromatic carbocycles. The maximum absolute atomic E-state index is 12.7. The van der Waals surface area contributed by atoms with E-state index >= 15 is 0 Å². The number of nitrogen functional groups attached to an aromatic ring is 1. The first-order valence-corrected chi connectivity index (χ1v) is 10.8. The Hall–Kier alpha value is -3.69. The number of rotatable bonds is 6. The van der Waals surface area contributed by atoms with Gasteiger partial charge in [0.2, 0.25) is 5.91 Å². The third kappa shape index (κ3) is 4.20. The molecule has 5 N–H and O–H groups in total. The van der Waals surface area contributed by atoms with Gasteiger partial charge in [-0.3, -0.25) is 14.6 Å². The lowest BCUT2D eigenvalue weighted by Gasteiger charge is -2.12. The molecule has 0 bridgehead atoms. The molecule has 3 aromatic heterocycles. The highest BCUT2D eigenvalue weighted by molar-refractivity contribution is 6.03. The molecule has 2 amide bonds. The lowest BCUT2D eigenvalue weighted by atomic mass is 9.93. The van der Waals surface area contributed by atoms with Crippen molar-refractivity contribution in [2.24, 2.45) is 5.73 Å². The number of amides is 2. The van der Waals surface area contributed by atoms with Crippen LogP contribution in [0.4, 0.5) is 11.6 Å². The Balaban J connectivity index is 1.54. The van der Waals surface area contributed by atoms with Crippen molar-refractivity contribution in [3.05, 3.63) is 41.3 Å². The lowest BCUT2D eigenvalue weighted by molar-refractivity contribution is -0.117. The van der Waals surface area contributed by atoms with Crippen LogP contribution in [0.15, 0.2) is 28.9 Å². The maximum Gasteiger partial charge on any atom is 0.254 e. The number of hydrogen-bond donors (Lipinski definition) is 3. The van der Waals surface area contributed by atoms with Crippen LogP contribution in [0.3, 0.4) is 0 Å². The highest BCUT2D eigenvalue weighted by Crippen LogP contribution is 2.45. The van der Waals surface area contributed by atoms with E-state index in [-0.39, 0.29) is 28.2 Å². The van der Waals surface area contributed by atoms with Gasteiger partial charge in [0.1, 0.15) is 22.8 Å². The van der Waals surface area contributed by atoms with E-state index in [4.69, 9.17) is 16.0 Å². The van der Waals surface area contributed by atoms with Crippen LogP contribution in [0, 0.1) is 0 Å². The number of pyridine rings is 1. The minimum absolute atomic E-state index is 0.162. The Morgan fingerprint density at radius 3 is 2.48 bits per heavy atom. The van der Waals surface area contributed by atoms with Crippen LogP contribution in [0.5, 0.6) is 0 Å². The number of primary amides is 1. The largest absolute Gasteiger partial charge is 0.383 e. The summed E-state index contributed by atoms with van der Waals surface area (Å²) in [6, 6.07) is 5.20. The number of nitrogens with zero attached hydrogens (tertiary/aromatic N) is 4. The van der Waals surface area contributed by atoms with Gasteiger partial charge in [0.05, 0.1) is 17.2 Å². The molecular weight excluding hydrogens is 422 g/mol. The molecule has 3 heterocycles. The van der Waals surface area contributed by atoms with Gasteiger partial charge in [-0.15, -0.1) is 0 Å². The van der Waals surface area contributed by atoms with Gasteiger partial charge in [0, 0.05) is 17.7 Å². The third-order valence-electron chi connectivity index (χ3n) is 6.08. The van der Waals surface area contributed by atoms with Crippen LogP contribution in [-0.2, 0) is 15.7 Å². The summed E-state index contributed by atoms with van der Waals surface area (Å²) >= 11 is 0. The fraction of sp³-hybridized carbons (Fsp3) is 0.435. The van der Waals surface area contributed by atoms with Crippen LogP contribution in [0.1, 0.15) is 75.1 Å². The van der Waals surface area contributed by atoms with Gasteiger partial charge < -0.3 is 21.3 Å². The Bertz CT molecular complexity index is 1210. The van der Waals surface area contributed by atoms with Crippen molar-refractivity contribution >= 4 is 23.5 Å². The maximum atomic E-state index is 12.7. The molecule has 1 saturated carbocycles. The van der Waals surface area contributed by atoms with E-state index in [2.05, 4.69) is 20.6 Å². The predicted molar refractivity (Wildman–Crippen MR) is 124 cm³/mol. The first-order chi connectivity index (χ1) is 15.4. The quantitative estimate of drug-likeness (QED) is 0.520. The highest BCUT2D eigenvalue weighted by atomic mass is 16.5. The van der Waals surface area contributed by atoms with Gasteiger partial charge in [-0.2, -0.15) is 5.10 Å². The number of anilines is 2. The molecule has 174 valence electrons. The molecule has 1 aliphatic carbocycles. The SMILES string of the molecule is CC(C(=O)Nc1cc(C(C)(C)C)on1)c1ccc(-c2nn(C3(C)CC3)c(N)c2C(N)=O)nc1. The second-order valence-electron chi connectivity index (χ2n) is 9.90. The minimum Gasteiger partial charge on any atom is -0.383 e. The summed E-state index contributed by atoms with van der Waals surface area (Å²) in [7, 11) is 0. The van der Waals surface area contributed by atoms with Crippen LogP contribution in [-0.4, -0.2) is 31.7 Å². The topological polar surface area (TPSA) is 155 Å². The van der Waals surface area contributed by atoms with Crippen LogP contribution >= 0.6 is 0 Å². The summed E-state index contributed by atoms with van der Waals surface area (Å²) in [5.74, 6) is -0.101. The molecule has 1 aliphatic rings. The molecule has 0 saturated heterocycles. The van der Waals surface area contributed by atoms with E-state index in [9.17, 15) is 9.59 Å². The average molecular weight is 452 g/mol. The molecule has 0 spiro atoms. The molecule has 1 fully saturated rings. The molecule has 33 heavy (non-hydrogen) atoms. The van der Waals surface area contributed by atoms with E-state index in [1.165, 1.54) is 0 Å². The van der Waals surface area contributed by atoms with Crippen LogP contribution < -0.4 is 16.8 Å². The smallest absolute Gasteiger partial charge is 0.254 e. The van der Waals surface area contributed by atoms with Gasteiger partial charge >= 0.3 is 0 Å². The Kier molecular flexibility index (Phi) is 5.26. The van der Waals surface area contributed by atoms with Gasteiger partial charge in [-0.05, 0) is 38.3 Å². The van der Waals surface area contributed by atoms with E-state index in [0.29, 0.717) is 28.5 Å². The van der Waals surface area contributed by atoms with Gasteiger partial charge in [-0.1, -0.05) is 32.0 Å². The van der Waals surface area contributed by atoms with Crippen molar-refractivity contribution < 1.29 is 14.1 Å². The summed E-state index contributed by atoms with van der Waals surface area (Å²) in [5, 5.41) is 11.3. The fourth-order valence-corrected chi connectivity index (χ4v) is 3.53. The number of hydrogen-bond acceptors (Lipinski definition) is 7. The first-order valence-electron chi connectivity index (χ1n) is 10.8. The lowest BCUT2D eigenvalue weighted by Crippen LogP contribution is -2.19. The number of carbonyl (C=O) groups excluding carboxylic acids is 2. The Morgan fingerprint density at radius 1 is 1.27 bits per heavy atom. The van der Waals surface area contributed by atoms with Crippen molar-refractivity contribution in [3.8, 4) is 11.4 Å². The zero-order valence-corrected chi connectivity index (χ0v) is 19.5. The zero-order valence-electron chi connectivity index (χ0n) is 19.5. The van der Waals surface area contributed by atoms with Crippen LogP contribution in [0.2, 0.25) is 0 Å². The van der Waals surface area contributed by atoms with Gasteiger partial charge in [0.15, 0.2) is 5.82 Å². The van der Waals surface area contributed by atoms with Crippen molar-refractivity contribution in [1.29, 1.82) is 0 Å². The minimum atomic E-state index is -0.654. The van der Waals surface area contributed by atoms with Crippen LogP contribution in [0.25, 0.3) is 11.4 Å². The molecule has 0 aliphatic heterocycles. The third-order valence-corrected chi connectivity index (χ3v) is 6.08. The average Bonchev–Trinajstić information content (AvgIpc) is 3.15. The zero-order chi connectivity index (χ0) is 24.1. The monoisotopic (exact) mass is 451 g/mol. The molecule has 1 unspecified atom stereocenters. The number of nitrogens with two attached hydrogens (primary N) is 2. The van der Waals surface area contributed by atoms with Crippen molar-refractivity contribution in [2.45, 2.75) is 64.3 Å². The molecule has 3 aromatic rings. The number of nitrogens with one attached hydrogen (secondary N) is 1. The van der Waals surface area contributed by atoms with E-state index < -0.39 is 11.8 Å². The summed E-state index contributed by atoms with van der Waals surface area (Å²) in [5.41, 5.74) is 13.0. The van der Waals surface area contributed by atoms with Crippen molar-refractivity contribution in [1.82, 2.24) is 19.9 Å². The standard InChI is InChI=1S/C23H29N7O3/c1-12(21(32)27-16-10-15(33-29-16)22(2,3)4)13-6-7-14(26-11-13)18-17(20(25)31)19(24)30(28-18)23(5)8-9-23/h6-7,10-12H,8-9,24H2,1-5H3,(H2,25,31)(H,27,29,32). The fourth-order valence-electron chi connectivity index (χ4n) is 3.53. The van der Waals surface area contributed by atoms with E-state index in [0.717, 1.165) is 12.8 Å². The van der Waals surface area contributed by atoms with E-state index in [1.807, 2.05) is 27.7 Å². The van der Waals surface area contributed by atoms with Crippen molar-refractivity contribution in [3.63, 3.8) is 0 Å². The van der Waals surface area contributed by atoms with Gasteiger partial charge in [0.25, 0.3) is 5.91 Å². The predicted octanol–water partition coefficient (Wildman–Crippen LogP) is 3.16.